The number of hydrogen-bond acceptors (Lipinski definition) is 2. The minimum atomic E-state index is -0.0585. The van der Waals surface area contributed by atoms with Crippen LogP contribution < -0.4 is 5.32 Å². The molecule has 0 saturated carbocycles. The molecule has 98 valence electrons. The van der Waals surface area contributed by atoms with E-state index in [1.54, 1.807) is 12.1 Å². The monoisotopic (exact) mass is 355 g/mol. The van der Waals surface area contributed by atoms with E-state index in [1.165, 1.54) is 11.8 Å². The molecule has 0 aliphatic heterocycles. The first-order chi connectivity index (χ1) is 9.15. The van der Waals surface area contributed by atoms with E-state index in [1.807, 2.05) is 36.4 Å². The van der Waals surface area contributed by atoms with Crippen molar-refractivity contribution in [2.24, 2.45) is 0 Å². The molecule has 0 radical (unpaired) electrons. The second-order valence-corrected chi connectivity index (χ2v) is 6.11. The van der Waals surface area contributed by atoms with Gasteiger partial charge in [-0.25, -0.2) is 0 Å². The highest BCUT2D eigenvalue weighted by molar-refractivity contribution is 9.10. The Morgan fingerprint density at radius 1 is 1.21 bits per heavy atom. The molecule has 0 aliphatic carbocycles. The maximum Gasteiger partial charge on any atom is 0.234 e. The summed E-state index contributed by atoms with van der Waals surface area (Å²) in [4.78, 5) is 12.9. The van der Waals surface area contributed by atoms with E-state index < -0.39 is 0 Å². The van der Waals surface area contributed by atoms with E-state index in [0.29, 0.717) is 16.5 Å². The summed E-state index contributed by atoms with van der Waals surface area (Å²) in [5.74, 6) is 0.306. The molecule has 2 aromatic rings. The Balaban J connectivity index is 1.93. The van der Waals surface area contributed by atoms with Gasteiger partial charge in [0.25, 0.3) is 0 Å². The predicted molar refractivity (Wildman–Crippen MR) is 84.9 cm³/mol. The topological polar surface area (TPSA) is 29.1 Å². The van der Waals surface area contributed by atoms with Gasteiger partial charge in [0.2, 0.25) is 5.91 Å². The SMILES string of the molecule is O=C(CSc1ccccc1)Nc1cc(Cl)ccc1Br. The molecule has 1 N–H and O–H groups in total. The van der Waals surface area contributed by atoms with E-state index in [-0.39, 0.29) is 5.91 Å². The second-order valence-electron chi connectivity index (χ2n) is 3.77. The third-order valence-corrected chi connectivity index (χ3v) is 4.25. The van der Waals surface area contributed by atoms with E-state index in [2.05, 4.69) is 21.2 Å². The van der Waals surface area contributed by atoms with Crippen LogP contribution in [0.3, 0.4) is 0 Å². The largest absolute Gasteiger partial charge is 0.324 e. The molecule has 0 bridgehead atoms. The maximum atomic E-state index is 11.9. The van der Waals surface area contributed by atoms with Crippen LogP contribution in [0.1, 0.15) is 0 Å². The first kappa shape index (κ1) is 14.4. The number of nitrogens with one attached hydrogen (secondary N) is 1. The number of anilines is 1. The fourth-order valence-corrected chi connectivity index (χ4v) is 2.68. The number of carbonyl (C=O) groups is 1. The molecule has 0 fully saturated rings. The van der Waals surface area contributed by atoms with E-state index in [4.69, 9.17) is 11.6 Å². The van der Waals surface area contributed by atoms with Gasteiger partial charge >= 0.3 is 0 Å². The van der Waals surface area contributed by atoms with Crippen LogP contribution in [0.5, 0.6) is 0 Å². The Hall–Kier alpha value is -0.970. The molecular formula is C14H11BrClNOS. The zero-order valence-electron chi connectivity index (χ0n) is 9.90. The Kier molecular flexibility index (Phi) is 5.31. The first-order valence-corrected chi connectivity index (χ1v) is 7.73. The number of halogens is 2. The lowest BCUT2D eigenvalue weighted by Crippen LogP contribution is -2.14. The predicted octanol–water partition coefficient (Wildman–Crippen LogP) is 4.83. The molecule has 0 heterocycles. The van der Waals surface area contributed by atoms with Gasteiger partial charge in [-0.1, -0.05) is 29.8 Å². The van der Waals surface area contributed by atoms with Crippen molar-refractivity contribution in [3.63, 3.8) is 0 Å². The van der Waals surface area contributed by atoms with Gasteiger partial charge in [-0.05, 0) is 46.3 Å². The molecular weight excluding hydrogens is 346 g/mol. The minimum absolute atomic E-state index is 0.0585. The summed E-state index contributed by atoms with van der Waals surface area (Å²) < 4.78 is 0.815. The van der Waals surface area contributed by atoms with Gasteiger partial charge in [-0.3, -0.25) is 4.79 Å². The Morgan fingerprint density at radius 2 is 1.95 bits per heavy atom. The van der Waals surface area contributed by atoms with Crippen molar-refractivity contribution in [3.05, 3.63) is 58.0 Å². The van der Waals surface area contributed by atoms with Crippen molar-refractivity contribution in [1.82, 2.24) is 0 Å². The molecule has 0 atom stereocenters. The number of rotatable bonds is 4. The summed E-state index contributed by atoms with van der Waals surface area (Å²) in [6.07, 6.45) is 0. The number of amides is 1. The third kappa shape index (κ3) is 4.56. The molecule has 5 heteroatoms. The van der Waals surface area contributed by atoms with Crippen LogP contribution in [0, 0.1) is 0 Å². The molecule has 0 saturated heterocycles. The molecule has 2 aromatic carbocycles. The summed E-state index contributed by atoms with van der Waals surface area (Å²) in [6.45, 7) is 0. The lowest BCUT2D eigenvalue weighted by Gasteiger charge is -2.07. The zero-order valence-corrected chi connectivity index (χ0v) is 13.1. The fraction of sp³-hybridized carbons (Fsp3) is 0.0714. The molecule has 0 aliphatic rings. The number of benzene rings is 2. The van der Waals surface area contributed by atoms with Gasteiger partial charge in [0.1, 0.15) is 0 Å². The standard InChI is InChI=1S/C14H11BrClNOS/c15-12-7-6-10(16)8-13(12)17-14(18)9-19-11-4-2-1-3-5-11/h1-8H,9H2,(H,17,18). The molecule has 2 nitrogen and oxygen atoms in total. The Labute approximate surface area is 129 Å². The molecule has 19 heavy (non-hydrogen) atoms. The lowest BCUT2D eigenvalue weighted by molar-refractivity contribution is -0.113. The van der Waals surface area contributed by atoms with Crippen LogP contribution in [0.2, 0.25) is 5.02 Å². The summed E-state index contributed by atoms with van der Waals surface area (Å²) in [5.41, 5.74) is 0.686. The average Bonchev–Trinajstić information content (AvgIpc) is 2.42. The average molecular weight is 357 g/mol. The number of thioether (sulfide) groups is 1. The number of hydrogen-bond donors (Lipinski definition) is 1. The van der Waals surface area contributed by atoms with Crippen LogP contribution in [0.4, 0.5) is 5.69 Å². The highest BCUT2D eigenvalue weighted by Gasteiger charge is 2.07. The normalized spacial score (nSPS) is 10.2. The van der Waals surface area contributed by atoms with Crippen LogP contribution >= 0.6 is 39.3 Å². The zero-order chi connectivity index (χ0) is 13.7. The van der Waals surface area contributed by atoms with Crippen molar-refractivity contribution < 1.29 is 4.79 Å². The van der Waals surface area contributed by atoms with Crippen LogP contribution in [-0.4, -0.2) is 11.7 Å². The van der Waals surface area contributed by atoms with Crippen LogP contribution in [0.15, 0.2) is 57.9 Å². The van der Waals surface area contributed by atoms with Crippen LogP contribution in [-0.2, 0) is 4.79 Å². The van der Waals surface area contributed by atoms with Gasteiger partial charge in [0.15, 0.2) is 0 Å². The van der Waals surface area contributed by atoms with Crippen molar-refractivity contribution in [2.75, 3.05) is 11.1 Å². The van der Waals surface area contributed by atoms with E-state index in [9.17, 15) is 4.79 Å². The molecule has 1 amide bonds. The van der Waals surface area contributed by atoms with Crippen LogP contribution in [0.25, 0.3) is 0 Å². The summed E-state index contributed by atoms with van der Waals surface area (Å²) in [7, 11) is 0. The van der Waals surface area contributed by atoms with Gasteiger partial charge in [0.05, 0.1) is 11.4 Å². The van der Waals surface area contributed by atoms with Crippen molar-refractivity contribution in [2.45, 2.75) is 4.90 Å². The number of carbonyl (C=O) groups excluding carboxylic acids is 1. The van der Waals surface area contributed by atoms with Gasteiger partial charge in [-0.15, -0.1) is 11.8 Å². The van der Waals surface area contributed by atoms with E-state index in [0.717, 1.165) is 9.37 Å². The van der Waals surface area contributed by atoms with Crippen molar-refractivity contribution >= 4 is 50.9 Å². The lowest BCUT2D eigenvalue weighted by atomic mass is 10.3. The quantitative estimate of drug-likeness (QED) is 0.795. The third-order valence-electron chi connectivity index (χ3n) is 2.32. The Bertz CT molecular complexity index is 577. The van der Waals surface area contributed by atoms with E-state index >= 15 is 0 Å². The summed E-state index contributed by atoms with van der Waals surface area (Å²) in [5, 5.41) is 3.42. The fourth-order valence-electron chi connectivity index (χ4n) is 1.45. The van der Waals surface area contributed by atoms with Crippen molar-refractivity contribution in [3.8, 4) is 0 Å². The van der Waals surface area contributed by atoms with Gasteiger partial charge in [-0.2, -0.15) is 0 Å². The smallest absolute Gasteiger partial charge is 0.234 e. The maximum absolute atomic E-state index is 11.9. The summed E-state index contributed by atoms with van der Waals surface area (Å²) in [6, 6.07) is 15.1. The second kappa shape index (κ2) is 6.98. The molecule has 0 unspecified atom stereocenters. The molecule has 0 spiro atoms. The first-order valence-electron chi connectivity index (χ1n) is 5.58. The highest BCUT2D eigenvalue weighted by Crippen LogP contribution is 2.26. The summed E-state index contributed by atoms with van der Waals surface area (Å²) >= 11 is 10.8. The van der Waals surface area contributed by atoms with Gasteiger partial charge in [0, 0.05) is 14.4 Å². The molecule has 2 rings (SSSR count). The van der Waals surface area contributed by atoms with Crippen molar-refractivity contribution in [1.29, 1.82) is 0 Å². The van der Waals surface area contributed by atoms with Gasteiger partial charge < -0.3 is 5.32 Å². The molecule has 0 aromatic heterocycles. The minimum Gasteiger partial charge on any atom is -0.324 e. The Morgan fingerprint density at radius 3 is 2.68 bits per heavy atom. The highest BCUT2D eigenvalue weighted by atomic mass is 79.9.